The van der Waals surface area contributed by atoms with E-state index in [1.807, 2.05) is 26.0 Å². The van der Waals surface area contributed by atoms with Crippen LogP contribution in [0.3, 0.4) is 0 Å². The molecule has 0 saturated carbocycles. The Morgan fingerprint density at radius 2 is 1.66 bits per heavy atom. The number of carbonyl (C=O) groups is 4. The van der Waals surface area contributed by atoms with E-state index < -0.39 is 18.5 Å². The van der Waals surface area contributed by atoms with E-state index in [9.17, 15) is 19.2 Å². The normalized spacial score (nSPS) is 10.2. The summed E-state index contributed by atoms with van der Waals surface area (Å²) >= 11 is 0. The second-order valence-corrected chi connectivity index (χ2v) is 6.71. The van der Waals surface area contributed by atoms with Crippen LogP contribution in [0.15, 0.2) is 42.5 Å². The first kappa shape index (κ1) is 21.8. The monoisotopic (exact) mass is 396 g/mol. The van der Waals surface area contributed by atoms with Crippen LogP contribution in [-0.2, 0) is 19.1 Å². The highest BCUT2D eigenvalue weighted by Crippen LogP contribution is 2.16. The number of hydrogen-bond acceptors (Lipinski definition) is 5. The van der Waals surface area contributed by atoms with Crippen LogP contribution in [0.4, 0.5) is 11.4 Å². The van der Waals surface area contributed by atoms with Gasteiger partial charge >= 0.3 is 5.97 Å². The Bertz CT molecular complexity index is 937. The van der Waals surface area contributed by atoms with Crippen molar-refractivity contribution in [3.8, 4) is 0 Å². The van der Waals surface area contributed by atoms with Crippen molar-refractivity contribution in [1.82, 2.24) is 0 Å². The summed E-state index contributed by atoms with van der Waals surface area (Å²) < 4.78 is 4.92. The Hall–Kier alpha value is -3.48. The molecule has 0 spiro atoms. The van der Waals surface area contributed by atoms with Gasteiger partial charge in [-0.3, -0.25) is 19.2 Å². The molecule has 0 aromatic heterocycles. The van der Waals surface area contributed by atoms with Crippen LogP contribution in [0, 0.1) is 13.8 Å². The van der Waals surface area contributed by atoms with E-state index >= 15 is 0 Å². The summed E-state index contributed by atoms with van der Waals surface area (Å²) in [5, 5.41) is 5.30. The summed E-state index contributed by atoms with van der Waals surface area (Å²) in [6.07, 6.45) is -0.253. The van der Waals surface area contributed by atoms with Crippen molar-refractivity contribution in [2.75, 3.05) is 17.2 Å². The molecule has 0 aliphatic rings. The molecule has 2 amide bonds. The highest BCUT2D eigenvalue weighted by Gasteiger charge is 2.12. The summed E-state index contributed by atoms with van der Waals surface area (Å²) in [6, 6.07) is 12.1. The van der Waals surface area contributed by atoms with Crippen LogP contribution in [0.1, 0.15) is 41.3 Å². The van der Waals surface area contributed by atoms with Gasteiger partial charge in [-0.1, -0.05) is 29.8 Å². The minimum Gasteiger partial charge on any atom is -0.456 e. The molecule has 0 atom stereocenters. The molecule has 0 aliphatic carbocycles. The molecule has 0 bridgehead atoms. The van der Waals surface area contributed by atoms with Gasteiger partial charge in [0, 0.05) is 23.4 Å². The number of benzene rings is 2. The first-order valence-electron chi connectivity index (χ1n) is 9.18. The van der Waals surface area contributed by atoms with E-state index in [0.29, 0.717) is 16.9 Å². The molecular formula is C22H24N2O5. The number of nitrogens with one attached hydrogen (secondary N) is 2. The zero-order chi connectivity index (χ0) is 21.4. The van der Waals surface area contributed by atoms with Gasteiger partial charge in [0.15, 0.2) is 12.4 Å². The molecule has 0 unspecified atom stereocenters. The Kier molecular flexibility index (Phi) is 7.65. The van der Waals surface area contributed by atoms with Crippen molar-refractivity contribution in [3.63, 3.8) is 0 Å². The first-order chi connectivity index (χ1) is 13.7. The van der Waals surface area contributed by atoms with Crippen molar-refractivity contribution in [1.29, 1.82) is 0 Å². The fraction of sp³-hybridized carbons (Fsp3) is 0.273. The summed E-state index contributed by atoms with van der Waals surface area (Å²) in [5.41, 5.74) is 3.61. The molecule has 29 heavy (non-hydrogen) atoms. The lowest BCUT2D eigenvalue weighted by molar-refractivity contribution is -0.147. The summed E-state index contributed by atoms with van der Waals surface area (Å²) in [7, 11) is 0. The van der Waals surface area contributed by atoms with E-state index in [1.165, 1.54) is 6.92 Å². The predicted octanol–water partition coefficient (Wildman–Crippen LogP) is 3.41. The number of rotatable bonds is 8. The van der Waals surface area contributed by atoms with E-state index in [-0.39, 0.29) is 24.5 Å². The first-order valence-corrected chi connectivity index (χ1v) is 9.18. The van der Waals surface area contributed by atoms with Crippen LogP contribution in [-0.4, -0.2) is 30.2 Å². The van der Waals surface area contributed by atoms with Crippen molar-refractivity contribution in [2.45, 2.75) is 33.6 Å². The number of carbonyl (C=O) groups excluding carboxylic acids is 4. The molecule has 7 nitrogen and oxygen atoms in total. The average molecular weight is 396 g/mol. The third kappa shape index (κ3) is 7.21. The second-order valence-electron chi connectivity index (χ2n) is 6.71. The fourth-order valence-corrected chi connectivity index (χ4v) is 2.61. The number of Topliss-reactive ketones (excluding diaryl/α,β-unsaturated/α-hetero) is 1. The van der Waals surface area contributed by atoms with E-state index in [4.69, 9.17) is 4.74 Å². The molecule has 7 heteroatoms. The summed E-state index contributed by atoms with van der Waals surface area (Å²) in [6.45, 7) is 4.84. The van der Waals surface area contributed by atoms with Crippen LogP contribution in [0.5, 0.6) is 0 Å². The molecule has 0 saturated heterocycles. The second kappa shape index (κ2) is 10.2. The van der Waals surface area contributed by atoms with Gasteiger partial charge in [0.25, 0.3) is 5.91 Å². The number of anilines is 2. The number of aryl methyl sites for hydroxylation is 2. The Balaban J connectivity index is 1.73. The van der Waals surface area contributed by atoms with Gasteiger partial charge in [0.05, 0.1) is 6.42 Å². The SMILES string of the molecule is CC(=O)c1cccc(NC(=O)CCC(=O)OCC(=O)Nc2ccc(C)cc2C)c1. The van der Waals surface area contributed by atoms with E-state index in [1.54, 1.807) is 30.3 Å². The van der Waals surface area contributed by atoms with Crippen LogP contribution < -0.4 is 10.6 Å². The van der Waals surface area contributed by atoms with Crippen molar-refractivity contribution < 1.29 is 23.9 Å². The standard InChI is InChI=1S/C22H24N2O5/c1-14-7-8-19(15(2)11-14)24-21(27)13-29-22(28)10-9-20(26)23-18-6-4-5-17(12-18)16(3)25/h4-8,11-12H,9-10,13H2,1-3H3,(H,23,26)(H,24,27). The van der Waals surface area contributed by atoms with Crippen molar-refractivity contribution >= 4 is 34.9 Å². The Morgan fingerprint density at radius 1 is 0.897 bits per heavy atom. The zero-order valence-corrected chi connectivity index (χ0v) is 16.7. The van der Waals surface area contributed by atoms with Crippen LogP contribution in [0.2, 0.25) is 0 Å². The molecule has 0 fully saturated rings. The lowest BCUT2D eigenvalue weighted by Gasteiger charge is -2.10. The third-order valence-corrected chi connectivity index (χ3v) is 4.13. The molecule has 0 aliphatic heterocycles. The summed E-state index contributed by atoms with van der Waals surface area (Å²) in [5.74, 6) is -1.59. The minimum absolute atomic E-state index is 0.0954. The van der Waals surface area contributed by atoms with Gasteiger partial charge in [0.1, 0.15) is 0 Å². The van der Waals surface area contributed by atoms with Crippen LogP contribution in [0.25, 0.3) is 0 Å². The number of hydrogen-bond donors (Lipinski definition) is 2. The lowest BCUT2D eigenvalue weighted by Crippen LogP contribution is -2.22. The highest BCUT2D eigenvalue weighted by atomic mass is 16.5. The number of esters is 1. The van der Waals surface area contributed by atoms with Crippen molar-refractivity contribution in [2.24, 2.45) is 0 Å². The molecule has 2 aromatic rings. The van der Waals surface area contributed by atoms with E-state index in [2.05, 4.69) is 10.6 Å². The maximum atomic E-state index is 12.0. The summed E-state index contributed by atoms with van der Waals surface area (Å²) in [4.78, 5) is 47.0. The fourth-order valence-electron chi connectivity index (χ4n) is 2.61. The number of ketones is 1. The zero-order valence-electron chi connectivity index (χ0n) is 16.7. The largest absolute Gasteiger partial charge is 0.456 e. The van der Waals surface area contributed by atoms with Gasteiger partial charge in [-0.2, -0.15) is 0 Å². The smallest absolute Gasteiger partial charge is 0.306 e. The number of ether oxygens (including phenoxy) is 1. The third-order valence-electron chi connectivity index (χ3n) is 4.13. The maximum absolute atomic E-state index is 12.0. The average Bonchev–Trinajstić information content (AvgIpc) is 2.67. The quantitative estimate of drug-likeness (QED) is 0.526. The molecule has 0 radical (unpaired) electrons. The molecule has 152 valence electrons. The van der Waals surface area contributed by atoms with Gasteiger partial charge in [-0.05, 0) is 44.5 Å². The van der Waals surface area contributed by atoms with Gasteiger partial charge in [0.2, 0.25) is 5.91 Å². The van der Waals surface area contributed by atoms with Crippen LogP contribution >= 0.6 is 0 Å². The molecule has 0 heterocycles. The number of amides is 2. The topological polar surface area (TPSA) is 102 Å². The molecular weight excluding hydrogens is 372 g/mol. The predicted molar refractivity (Wildman–Crippen MR) is 110 cm³/mol. The van der Waals surface area contributed by atoms with Gasteiger partial charge < -0.3 is 15.4 Å². The van der Waals surface area contributed by atoms with Crippen molar-refractivity contribution in [3.05, 3.63) is 59.2 Å². The maximum Gasteiger partial charge on any atom is 0.306 e. The molecule has 2 N–H and O–H groups in total. The van der Waals surface area contributed by atoms with E-state index in [0.717, 1.165) is 11.1 Å². The lowest BCUT2D eigenvalue weighted by atomic mass is 10.1. The van der Waals surface area contributed by atoms with Gasteiger partial charge in [-0.15, -0.1) is 0 Å². The minimum atomic E-state index is -0.645. The van der Waals surface area contributed by atoms with Gasteiger partial charge in [-0.25, -0.2) is 0 Å². The Labute approximate surface area is 169 Å². The highest BCUT2D eigenvalue weighted by molar-refractivity contribution is 5.97. The molecule has 2 aromatic carbocycles. The Morgan fingerprint density at radius 3 is 2.34 bits per heavy atom. The molecule has 2 rings (SSSR count).